The fraction of sp³-hybridized carbons (Fsp3) is 0.500. The molecule has 0 aliphatic rings. The van der Waals surface area contributed by atoms with Gasteiger partial charge in [-0.1, -0.05) is 0 Å². The van der Waals surface area contributed by atoms with E-state index in [0.29, 0.717) is 11.3 Å². The summed E-state index contributed by atoms with van der Waals surface area (Å²) in [5.74, 6) is 0.181. The highest BCUT2D eigenvalue weighted by Gasteiger charge is 2.22. The van der Waals surface area contributed by atoms with Crippen molar-refractivity contribution in [3.8, 4) is 0 Å². The van der Waals surface area contributed by atoms with Crippen molar-refractivity contribution in [3.05, 3.63) is 17.5 Å². The molecule has 0 saturated heterocycles. The number of nitrogen functional groups attached to an aromatic ring is 1. The van der Waals surface area contributed by atoms with Crippen molar-refractivity contribution < 1.29 is 4.39 Å². The molecule has 1 aromatic heterocycles. The van der Waals surface area contributed by atoms with Gasteiger partial charge < -0.3 is 5.73 Å². The molecule has 0 aromatic carbocycles. The lowest BCUT2D eigenvalue weighted by atomic mass is 10.0. The zero-order chi connectivity index (χ0) is 9.35. The van der Waals surface area contributed by atoms with Crippen molar-refractivity contribution in [1.82, 2.24) is 9.97 Å². The molecular formula is C8H12FN3. The Kier molecular flexibility index (Phi) is 2.00. The lowest BCUT2D eigenvalue weighted by Gasteiger charge is -2.15. The minimum Gasteiger partial charge on any atom is -0.368 e. The van der Waals surface area contributed by atoms with Gasteiger partial charge in [0, 0.05) is 17.5 Å². The highest BCUT2D eigenvalue weighted by molar-refractivity contribution is 5.27. The van der Waals surface area contributed by atoms with Crippen LogP contribution in [0.4, 0.5) is 10.3 Å². The predicted molar refractivity (Wildman–Crippen MR) is 45.3 cm³/mol. The van der Waals surface area contributed by atoms with Gasteiger partial charge in [0.05, 0.1) is 0 Å². The van der Waals surface area contributed by atoms with Crippen LogP contribution in [-0.2, 0) is 5.67 Å². The summed E-state index contributed by atoms with van der Waals surface area (Å²) in [6, 6.07) is 0. The topological polar surface area (TPSA) is 51.8 Å². The van der Waals surface area contributed by atoms with Gasteiger partial charge in [-0.25, -0.2) is 14.4 Å². The van der Waals surface area contributed by atoms with E-state index in [4.69, 9.17) is 5.73 Å². The highest BCUT2D eigenvalue weighted by Crippen LogP contribution is 2.25. The summed E-state index contributed by atoms with van der Waals surface area (Å²) in [7, 11) is 0. The van der Waals surface area contributed by atoms with Crippen molar-refractivity contribution in [2.75, 3.05) is 5.73 Å². The smallest absolute Gasteiger partial charge is 0.220 e. The van der Waals surface area contributed by atoms with Gasteiger partial charge in [-0.2, -0.15) is 0 Å². The van der Waals surface area contributed by atoms with Crippen LogP contribution in [-0.4, -0.2) is 9.97 Å². The van der Waals surface area contributed by atoms with Crippen LogP contribution in [0, 0.1) is 6.92 Å². The first-order chi connectivity index (χ1) is 5.41. The third kappa shape index (κ3) is 1.69. The molecule has 0 amide bonds. The van der Waals surface area contributed by atoms with Gasteiger partial charge in [0.1, 0.15) is 5.67 Å². The first-order valence-electron chi connectivity index (χ1n) is 3.70. The monoisotopic (exact) mass is 169 g/mol. The Balaban J connectivity index is 3.19. The van der Waals surface area contributed by atoms with Crippen LogP contribution < -0.4 is 5.73 Å². The molecule has 1 aromatic rings. The SMILES string of the molecule is Cc1nc(N)ncc1C(C)(C)F. The summed E-state index contributed by atoms with van der Waals surface area (Å²) in [4.78, 5) is 7.60. The van der Waals surface area contributed by atoms with E-state index in [1.165, 1.54) is 20.0 Å². The van der Waals surface area contributed by atoms with Crippen molar-refractivity contribution in [1.29, 1.82) is 0 Å². The molecule has 0 radical (unpaired) electrons. The fourth-order valence-electron chi connectivity index (χ4n) is 1.07. The first kappa shape index (κ1) is 8.90. The van der Waals surface area contributed by atoms with Gasteiger partial charge in [0.2, 0.25) is 5.95 Å². The molecule has 0 fully saturated rings. The fourth-order valence-corrected chi connectivity index (χ4v) is 1.07. The third-order valence-corrected chi connectivity index (χ3v) is 1.64. The Bertz CT molecular complexity index is 291. The van der Waals surface area contributed by atoms with Gasteiger partial charge in [-0.15, -0.1) is 0 Å². The summed E-state index contributed by atoms with van der Waals surface area (Å²) in [5.41, 5.74) is 5.00. The number of rotatable bonds is 1. The molecule has 12 heavy (non-hydrogen) atoms. The summed E-state index contributed by atoms with van der Waals surface area (Å²) < 4.78 is 13.4. The second-order valence-corrected chi connectivity index (χ2v) is 3.20. The second-order valence-electron chi connectivity index (χ2n) is 3.20. The van der Waals surface area contributed by atoms with E-state index in [1.807, 2.05) is 0 Å². The molecule has 1 heterocycles. The number of hydrogen-bond donors (Lipinski definition) is 1. The largest absolute Gasteiger partial charge is 0.368 e. The average Bonchev–Trinajstić information content (AvgIpc) is 1.83. The van der Waals surface area contributed by atoms with Gasteiger partial charge in [-0.3, -0.25) is 0 Å². The molecule has 0 spiro atoms. The maximum atomic E-state index is 13.4. The van der Waals surface area contributed by atoms with E-state index >= 15 is 0 Å². The zero-order valence-corrected chi connectivity index (χ0v) is 7.43. The minimum absolute atomic E-state index is 0.181. The molecular weight excluding hydrogens is 157 g/mol. The minimum atomic E-state index is -1.40. The Morgan fingerprint density at radius 2 is 2.08 bits per heavy atom. The Morgan fingerprint density at radius 1 is 1.50 bits per heavy atom. The number of nitrogens with zero attached hydrogens (tertiary/aromatic N) is 2. The quantitative estimate of drug-likeness (QED) is 0.694. The standard InChI is InChI=1S/C8H12FN3/c1-5-6(8(2,3)9)4-11-7(10)12-5/h4H,1-3H3,(H2,10,11,12). The predicted octanol–water partition coefficient (Wildman–Crippen LogP) is 1.57. The van der Waals surface area contributed by atoms with Crippen molar-refractivity contribution in [2.45, 2.75) is 26.4 Å². The number of nitrogens with two attached hydrogens (primary N) is 1. The Morgan fingerprint density at radius 3 is 2.50 bits per heavy atom. The molecule has 0 bridgehead atoms. The van der Waals surface area contributed by atoms with Crippen LogP contribution in [0.3, 0.4) is 0 Å². The van der Waals surface area contributed by atoms with Crippen LogP contribution in [0.15, 0.2) is 6.20 Å². The van der Waals surface area contributed by atoms with E-state index in [9.17, 15) is 4.39 Å². The zero-order valence-electron chi connectivity index (χ0n) is 7.43. The van der Waals surface area contributed by atoms with Crippen LogP contribution >= 0.6 is 0 Å². The van der Waals surface area contributed by atoms with E-state index < -0.39 is 5.67 Å². The van der Waals surface area contributed by atoms with E-state index in [2.05, 4.69) is 9.97 Å². The van der Waals surface area contributed by atoms with E-state index in [0.717, 1.165) is 0 Å². The summed E-state index contributed by atoms with van der Waals surface area (Å²) in [6.07, 6.45) is 1.43. The second kappa shape index (κ2) is 2.69. The summed E-state index contributed by atoms with van der Waals surface area (Å²) >= 11 is 0. The molecule has 0 atom stereocenters. The average molecular weight is 169 g/mol. The molecule has 0 aliphatic carbocycles. The number of aromatic nitrogens is 2. The molecule has 2 N–H and O–H groups in total. The molecule has 4 heteroatoms. The Hall–Kier alpha value is -1.19. The maximum Gasteiger partial charge on any atom is 0.220 e. The highest BCUT2D eigenvalue weighted by atomic mass is 19.1. The van der Waals surface area contributed by atoms with Gasteiger partial charge in [0.15, 0.2) is 0 Å². The number of halogens is 1. The number of alkyl halides is 1. The maximum absolute atomic E-state index is 13.4. The van der Waals surface area contributed by atoms with Crippen molar-refractivity contribution in [3.63, 3.8) is 0 Å². The van der Waals surface area contributed by atoms with E-state index in [1.54, 1.807) is 6.92 Å². The van der Waals surface area contributed by atoms with Crippen LogP contribution in [0.5, 0.6) is 0 Å². The molecule has 66 valence electrons. The van der Waals surface area contributed by atoms with Gasteiger partial charge >= 0.3 is 0 Å². The van der Waals surface area contributed by atoms with Crippen LogP contribution in [0.2, 0.25) is 0 Å². The summed E-state index contributed by atoms with van der Waals surface area (Å²) in [5, 5.41) is 0. The molecule has 0 saturated carbocycles. The normalized spacial score (nSPS) is 11.7. The molecule has 0 unspecified atom stereocenters. The number of hydrogen-bond acceptors (Lipinski definition) is 3. The summed E-state index contributed by atoms with van der Waals surface area (Å²) in [6.45, 7) is 4.65. The number of anilines is 1. The number of aryl methyl sites for hydroxylation is 1. The van der Waals surface area contributed by atoms with Gasteiger partial charge in [0.25, 0.3) is 0 Å². The first-order valence-corrected chi connectivity index (χ1v) is 3.70. The lowest BCUT2D eigenvalue weighted by Crippen LogP contribution is -2.13. The van der Waals surface area contributed by atoms with E-state index in [-0.39, 0.29) is 5.95 Å². The molecule has 3 nitrogen and oxygen atoms in total. The van der Waals surface area contributed by atoms with Gasteiger partial charge in [-0.05, 0) is 20.8 Å². The van der Waals surface area contributed by atoms with Crippen LogP contribution in [0.1, 0.15) is 25.1 Å². The molecule has 1 rings (SSSR count). The lowest BCUT2D eigenvalue weighted by molar-refractivity contribution is 0.219. The van der Waals surface area contributed by atoms with Crippen LogP contribution in [0.25, 0.3) is 0 Å². The third-order valence-electron chi connectivity index (χ3n) is 1.64. The van der Waals surface area contributed by atoms with Crippen molar-refractivity contribution in [2.24, 2.45) is 0 Å². The van der Waals surface area contributed by atoms with Crippen molar-refractivity contribution >= 4 is 5.95 Å². The Labute approximate surface area is 70.8 Å². The molecule has 0 aliphatic heterocycles.